The molecule has 8 nitrogen and oxygen atoms in total. The van der Waals surface area contributed by atoms with Gasteiger partial charge in [0.25, 0.3) is 0 Å². The average molecular weight is 571 g/mol. The standard InChI is InChI=1S/C28H21F3N2O6S/c1-39-28(36)23-24(29)21(22(27(34)35)25(30)26(23)31)20-16-6-4-14(32-8-2-9-32)12-18(16)40(37,38)19-13-15(5-7-17(19)20)33-10-3-11-33/h4-7,12-13H,2-3,8-11H2,1H3. The Labute approximate surface area is 226 Å². The molecule has 2 fully saturated rings. The number of carboxylic acids is 1. The minimum absolute atomic E-state index is 0.128. The number of halogens is 3. The highest BCUT2D eigenvalue weighted by molar-refractivity contribution is 7.95. The van der Waals surface area contributed by atoms with Crippen LogP contribution in [0.5, 0.6) is 0 Å². The molecule has 0 radical (unpaired) electrons. The van der Waals surface area contributed by atoms with Crippen LogP contribution >= 0.6 is 0 Å². The summed E-state index contributed by atoms with van der Waals surface area (Å²) in [4.78, 5) is 25.8. The molecular formula is C28H21F3N2O6S. The van der Waals surface area contributed by atoms with E-state index < -0.39 is 55.9 Å². The van der Waals surface area contributed by atoms with Gasteiger partial charge in [-0.2, -0.15) is 0 Å². The number of methoxy groups -OCH3 is 1. The smallest absolute Gasteiger partial charge is 0.344 e. The maximum Gasteiger partial charge on any atom is 0.344 e. The first kappa shape index (κ1) is 26.1. The predicted molar refractivity (Wildman–Crippen MR) is 135 cm³/mol. The average Bonchev–Trinajstić information content (AvgIpc) is 2.85. The Morgan fingerprint density at radius 1 is 1.00 bits per heavy atom. The molecule has 2 aromatic carbocycles. The van der Waals surface area contributed by atoms with Crippen LogP contribution in [0.15, 0.2) is 51.8 Å². The number of hydrogen-bond acceptors (Lipinski definition) is 7. The number of allylic oxidation sites excluding steroid dienone is 4. The molecule has 0 unspecified atom stereocenters. The van der Waals surface area contributed by atoms with Gasteiger partial charge in [-0.15, -0.1) is 0 Å². The second-order valence-corrected chi connectivity index (χ2v) is 11.7. The molecule has 0 atom stereocenters. The third kappa shape index (κ3) is 3.65. The Morgan fingerprint density at radius 2 is 1.70 bits per heavy atom. The third-order valence-corrected chi connectivity index (χ3v) is 9.49. The van der Waals surface area contributed by atoms with Gasteiger partial charge in [0.1, 0.15) is 24.5 Å². The summed E-state index contributed by atoms with van der Waals surface area (Å²) in [6.07, 6.45) is 6.19. The SMILES string of the molecule is COC(=O)c1c(F)c(F)c(C(=O)[O-])c(C2=C3C=CC(=[N+]4CCC4)C=C3S(=O)(=O)c3cc(N4CCC4)ccc32)c1F. The molecule has 206 valence electrons. The molecule has 40 heavy (non-hydrogen) atoms. The number of rotatable bonds is 4. The van der Waals surface area contributed by atoms with Crippen molar-refractivity contribution < 1.29 is 45.6 Å². The van der Waals surface area contributed by atoms with E-state index in [9.17, 15) is 27.5 Å². The van der Waals surface area contributed by atoms with Crippen LogP contribution in [-0.2, 0) is 14.6 Å². The maximum atomic E-state index is 16.1. The van der Waals surface area contributed by atoms with E-state index in [1.807, 2.05) is 9.48 Å². The van der Waals surface area contributed by atoms with Crippen molar-refractivity contribution >= 4 is 38.7 Å². The summed E-state index contributed by atoms with van der Waals surface area (Å²) in [5.74, 6) is -9.63. The molecule has 3 aliphatic heterocycles. The van der Waals surface area contributed by atoms with Gasteiger partial charge in [-0.25, -0.2) is 31.0 Å². The van der Waals surface area contributed by atoms with Crippen LogP contribution in [0.25, 0.3) is 5.57 Å². The normalized spacial score (nSPS) is 18.9. The number of hydrogen-bond donors (Lipinski definition) is 0. The summed E-state index contributed by atoms with van der Waals surface area (Å²) >= 11 is 0. The van der Waals surface area contributed by atoms with Crippen molar-refractivity contribution in [1.29, 1.82) is 0 Å². The summed E-state index contributed by atoms with van der Waals surface area (Å²) in [6.45, 7) is 2.78. The lowest BCUT2D eigenvalue weighted by Crippen LogP contribution is -2.37. The molecule has 2 saturated heterocycles. The van der Waals surface area contributed by atoms with Gasteiger partial charge in [0.2, 0.25) is 15.5 Å². The lowest BCUT2D eigenvalue weighted by Gasteiger charge is -2.35. The quantitative estimate of drug-likeness (QED) is 0.316. The first-order valence-corrected chi connectivity index (χ1v) is 14.0. The first-order valence-electron chi connectivity index (χ1n) is 12.5. The van der Waals surface area contributed by atoms with Crippen molar-refractivity contribution in [2.75, 3.05) is 38.2 Å². The highest BCUT2D eigenvalue weighted by atomic mass is 32.2. The molecule has 0 spiro atoms. The van der Waals surface area contributed by atoms with Gasteiger partial charge in [0.05, 0.1) is 29.3 Å². The number of carbonyl (C=O) groups excluding carboxylic acids is 2. The number of benzene rings is 2. The topological polar surface area (TPSA) is 107 Å². The fraction of sp³-hybridized carbons (Fsp3) is 0.250. The Morgan fingerprint density at radius 3 is 2.27 bits per heavy atom. The van der Waals surface area contributed by atoms with Crippen LogP contribution in [0.1, 0.15) is 44.7 Å². The van der Waals surface area contributed by atoms with Gasteiger partial charge < -0.3 is 19.5 Å². The van der Waals surface area contributed by atoms with Crippen LogP contribution in [0.3, 0.4) is 0 Å². The number of aromatic carboxylic acids is 1. The van der Waals surface area contributed by atoms with Gasteiger partial charge in [0.15, 0.2) is 11.6 Å². The first-order chi connectivity index (χ1) is 19.1. The van der Waals surface area contributed by atoms with Crippen molar-refractivity contribution in [2.45, 2.75) is 17.7 Å². The monoisotopic (exact) mass is 570 g/mol. The van der Waals surface area contributed by atoms with E-state index in [0.29, 0.717) is 37.6 Å². The number of anilines is 1. The van der Waals surface area contributed by atoms with Gasteiger partial charge in [-0.3, -0.25) is 0 Å². The van der Waals surface area contributed by atoms with Crippen LogP contribution in [0.4, 0.5) is 18.9 Å². The summed E-state index contributed by atoms with van der Waals surface area (Å²) < 4.78 is 80.5. The van der Waals surface area contributed by atoms with Crippen molar-refractivity contribution in [3.8, 4) is 0 Å². The molecule has 0 bridgehead atoms. The van der Waals surface area contributed by atoms with Gasteiger partial charge in [0, 0.05) is 58.8 Å². The molecule has 12 heteroatoms. The van der Waals surface area contributed by atoms with Gasteiger partial charge >= 0.3 is 5.97 Å². The summed E-state index contributed by atoms with van der Waals surface area (Å²) in [5.41, 5.74) is -3.36. The van der Waals surface area contributed by atoms with E-state index in [1.165, 1.54) is 24.3 Å². The van der Waals surface area contributed by atoms with Crippen molar-refractivity contribution in [2.24, 2.45) is 0 Å². The zero-order chi connectivity index (χ0) is 28.5. The summed E-state index contributed by atoms with van der Waals surface area (Å²) in [6, 6.07) is 4.37. The number of carbonyl (C=O) groups is 2. The fourth-order valence-corrected chi connectivity index (χ4v) is 7.03. The number of sulfone groups is 1. The predicted octanol–water partition coefficient (Wildman–Crippen LogP) is 2.36. The molecule has 4 aliphatic rings. The van der Waals surface area contributed by atoms with Crippen molar-refractivity contribution in [1.82, 2.24) is 0 Å². The molecular weight excluding hydrogens is 549 g/mol. The number of ether oxygens (including phenoxy) is 1. The van der Waals surface area contributed by atoms with Crippen LogP contribution < -0.4 is 10.0 Å². The third-order valence-electron chi connectivity index (χ3n) is 7.65. The number of esters is 1. The molecule has 2 aromatic rings. The largest absolute Gasteiger partial charge is 0.545 e. The Balaban J connectivity index is 1.75. The van der Waals surface area contributed by atoms with E-state index >= 15 is 8.78 Å². The molecule has 1 aliphatic carbocycles. The minimum atomic E-state index is -4.24. The summed E-state index contributed by atoms with van der Waals surface area (Å²) in [5, 5.41) is 12.1. The maximum absolute atomic E-state index is 16.1. The fourth-order valence-electron chi connectivity index (χ4n) is 5.32. The van der Waals surface area contributed by atoms with Crippen LogP contribution in [0.2, 0.25) is 0 Å². The summed E-state index contributed by atoms with van der Waals surface area (Å²) in [7, 11) is -3.41. The van der Waals surface area contributed by atoms with Crippen LogP contribution in [-0.4, -0.2) is 63.9 Å². The second-order valence-electron chi connectivity index (χ2n) is 9.77. The molecule has 3 heterocycles. The van der Waals surface area contributed by atoms with Crippen molar-refractivity contribution in [3.05, 3.63) is 86.6 Å². The van der Waals surface area contributed by atoms with E-state index in [-0.39, 0.29) is 26.5 Å². The molecule has 0 aromatic heterocycles. The number of fused-ring (bicyclic) bond motifs is 2. The van der Waals surface area contributed by atoms with E-state index in [4.69, 9.17) is 0 Å². The van der Waals surface area contributed by atoms with Crippen LogP contribution in [0, 0.1) is 17.5 Å². The zero-order valence-electron chi connectivity index (χ0n) is 21.1. The molecule has 0 amide bonds. The van der Waals surface area contributed by atoms with Crippen molar-refractivity contribution in [3.63, 3.8) is 0 Å². The van der Waals surface area contributed by atoms with Gasteiger partial charge in [-0.05, 0) is 24.6 Å². The minimum Gasteiger partial charge on any atom is -0.545 e. The van der Waals surface area contributed by atoms with E-state index in [0.717, 1.165) is 20.0 Å². The Bertz CT molecular complexity index is 1780. The lowest BCUT2D eigenvalue weighted by atomic mass is 9.85. The zero-order valence-corrected chi connectivity index (χ0v) is 21.9. The van der Waals surface area contributed by atoms with Gasteiger partial charge in [-0.1, -0.05) is 6.07 Å². The second kappa shape index (κ2) is 9.19. The number of nitrogens with zero attached hydrogens (tertiary/aromatic N) is 2. The Kier molecular flexibility index (Phi) is 5.98. The Hall–Kier alpha value is -4.19. The molecule has 6 rings (SSSR count). The number of carboxylic acid groups (broad SMARTS) is 1. The highest BCUT2D eigenvalue weighted by Crippen LogP contribution is 2.48. The highest BCUT2D eigenvalue weighted by Gasteiger charge is 2.41. The van der Waals surface area contributed by atoms with E-state index in [2.05, 4.69) is 4.74 Å². The molecule has 0 N–H and O–H groups in total. The lowest BCUT2D eigenvalue weighted by molar-refractivity contribution is -0.582. The van der Waals surface area contributed by atoms with E-state index in [1.54, 1.807) is 12.1 Å². The molecule has 0 saturated carbocycles.